The lowest BCUT2D eigenvalue weighted by Gasteiger charge is -2.11. The van der Waals surface area contributed by atoms with Crippen LogP contribution in [0.2, 0.25) is 0 Å². The van der Waals surface area contributed by atoms with Crippen molar-refractivity contribution in [3.05, 3.63) is 16.4 Å². The zero-order valence-electron chi connectivity index (χ0n) is 9.66. The number of nitrogen functional groups attached to an aromatic ring is 1. The second-order valence-electron chi connectivity index (χ2n) is 3.24. The van der Waals surface area contributed by atoms with Gasteiger partial charge in [-0.25, -0.2) is 4.98 Å². The van der Waals surface area contributed by atoms with E-state index in [0.29, 0.717) is 5.95 Å². The standard InChI is InChI=1S/C4HF3N4O4.C2H4N4/c5-3(6,7)1-8-4(2(12)13,10-9-1)11(14)15;3-2-4-1-5-6-2/h(H,12,13);1H,(H3,3,4,5,6). The summed E-state index contributed by atoms with van der Waals surface area (Å²) in [5.41, 5.74) is 5.10. The van der Waals surface area contributed by atoms with Crippen LogP contribution in [0.4, 0.5) is 19.1 Å². The van der Waals surface area contributed by atoms with Crippen molar-refractivity contribution in [1.82, 2.24) is 10.2 Å². The summed E-state index contributed by atoms with van der Waals surface area (Å²) < 4.78 is 35.7. The van der Waals surface area contributed by atoms with Gasteiger partial charge in [0.05, 0.1) is 4.92 Å². The van der Waals surface area contributed by atoms with Crippen LogP contribution in [0.1, 0.15) is 0 Å². The van der Waals surface area contributed by atoms with E-state index >= 15 is 0 Å². The van der Waals surface area contributed by atoms with Gasteiger partial charge < -0.3 is 15.6 Å². The summed E-state index contributed by atoms with van der Waals surface area (Å²) in [6.07, 6.45) is -3.62. The van der Waals surface area contributed by atoms with E-state index < -0.39 is 28.7 Å². The van der Waals surface area contributed by atoms with E-state index in [9.17, 15) is 33.2 Å². The van der Waals surface area contributed by atoms with Gasteiger partial charge in [-0.05, 0) is 5.10 Å². The van der Waals surface area contributed by atoms with E-state index in [1.54, 1.807) is 0 Å². The largest absolute Gasteiger partial charge is 0.540 e. The van der Waals surface area contributed by atoms with E-state index in [0.717, 1.165) is 0 Å². The third-order valence-corrected chi connectivity index (χ3v) is 1.80. The lowest BCUT2D eigenvalue weighted by molar-refractivity contribution is -0.563. The van der Waals surface area contributed by atoms with Crippen molar-refractivity contribution in [2.75, 3.05) is 5.73 Å². The number of carbonyl (C=O) groups excluding carboxylic acids is 1. The summed E-state index contributed by atoms with van der Waals surface area (Å²) >= 11 is 0. The molecule has 0 bridgehead atoms. The van der Waals surface area contributed by atoms with E-state index in [-0.39, 0.29) is 0 Å². The SMILES string of the molecule is Nc1[nH]nc[nH+]1.O=C([O-])C1([N+](=O)[O-])N=NC(C(F)(F)F)=N1. The summed E-state index contributed by atoms with van der Waals surface area (Å²) in [5.74, 6) is -7.51. The van der Waals surface area contributed by atoms with E-state index in [4.69, 9.17) is 5.73 Å². The molecule has 114 valence electrons. The molecule has 1 aliphatic heterocycles. The van der Waals surface area contributed by atoms with Crippen molar-refractivity contribution in [3.63, 3.8) is 0 Å². The van der Waals surface area contributed by atoms with Crippen molar-refractivity contribution in [2.24, 2.45) is 15.2 Å². The van der Waals surface area contributed by atoms with Gasteiger partial charge in [0.2, 0.25) is 6.33 Å². The molecule has 0 amide bonds. The lowest BCUT2D eigenvalue weighted by Crippen LogP contribution is -2.50. The van der Waals surface area contributed by atoms with Crippen LogP contribution in [-0.4, -0.2) is 38.9 Å². The molecule has 1 aromatic rings. The Labute approximate surface area is 111 Å². The summed E-state index contributed by atoms with van der Waals surface area (Å²) in [6.45, 7) is 0. The molecular formula is C6H5F3N8O4. The average Bonchev–Trinajstić information content (AvgIpc) is 2.97. The Balaban J connectivity index is 0.000000304. The molecule has 21 heavy (non-hydrogen) atoms. The summed E-state index contributed by atoms with van der Waals surface area (Å²) in [5, 5.41) is 31.1. The van der Waals surface area contributed by atoms with Gasteiger partial charge in [-0.15, -0.1) is 10.2 Å². The third kappa shape index (κ3) is 3.45. The van der Waals surface area contributed by atoms with Crippen LogP contribution in [0.25, 0.3) is 0 Å². The van der Waals surface area contributed by atoms with Crippen LogP contribution in [0.5, 0.6) is 0 Å². The highest BCUT2D eigenvalue weighted by Gasteiger charge is 2.54. The van der Waals surface area contributed by atoms with Gasteiger partial charge in [0, 0.05) is 0 Å². The Bertz CT molecular complexity index is 580. The highest BCUT2D eigenvalue weighted by atomic mass is 19.4. The molecular weight excluding hydrogens is 305 g/mol. The number of nitrogens with zero attached hydrogens (tertiary/aromatic N) is 5. The number of hydrogen-bond donors (Lipinski definition) is 2. The number of aliphatic carboxylic acids is 1. The van der Waals surface area contributed by atoms with E-state index in [1.165, 1.54) is 6.33 Å². The molecule has 1 unspecified atom stereocenters. The van der Waals surface area contributed by atoms with Crippen LogP contribution < -0.4 is 15.8 Å². The van der Waals surface area contributed by atoms with Crippen LogP contribution in [0, 0.1) is 10.1 Å². The Kier molecular flexibility index (Phi) is 4.15. The number of aromatic nitrogens is 3. The number of nitrogens with one attached hydrogen (secondary N) is 2. The van der Waals surface area contributed by atoms with Crippen molar-refractivity contribution in [2.45, 2.75) is 12.0 Å². The van der Waals surface area contributed by atoms with Gasteiger partial charge in [0.1, 0.15) is 0 Å². The lowest BCUT2D eigenvalue weighted by atomic mass is 10.4. The Hall–Kier alpha value is -3.13. The molecule has 2 heterocycles. The first kappa shape index (κ1) is 15.9. The first-order valence-corrected chi connectivity index (χ1v) is 4.72. The normalized spacial score (nSPS) is 20.4. The third-order valence-electron chi connectivity index (χ3n) is 1.80. The van der Waals surface area contributed by atoms with Gasteiger partial charge >= 0.3 is 17.9 Å². The zero-order chi connectivity index (χ0) is 16.3. The molecule has 0 saturated heterocycles. The second kappa shape index (κ2) is 5.47. The van der Waals surface area contributed by atoms with Gasteiger partial charge in [0.15, 0.2) is 5.97 Å². The Morgan fingerprint density at radius 2 is 2.14 bits per heavy atom. The predicted molar refractivity (Wildman–Crippen MR) is 52.6 cm³/mol. The van der Waals surface area contributed by atoms with Crippen molar-refractivity contribution < 1.29 is 33.0 Å². The quantitative estimate of drug-likeness (QED) is 0.464. The number of aromatic amines is 2. The number of hydrogen-bond acceptors (Lipinski definition) is 9. The summed E-state index contributed by atoms with van der Waals surface area (Å²) in [6, 6.07) is 0. The van der Waals surface area contributed by atoms with Crippen LogP contribution in [-0.2, 0) is 4.79 Å². The van der Waals surface area contributed by atoms with Crippen LogP contribution >= 0.6 is 0 Å². The fraction of sp³-hybridized carbons (Fsp3) is 0.333. The molecule has 1 atom stereocenters. The number of H-pyrrole nitrogens is 2. The second-order valence-corrected chi connectivity index (χ2v) is 3.24. The summed E-state index contributed by atoms with van der Waals surface area (Å²) in [7, 11) is 0. The number of rotatable bonds is 2. The number of nitro groups is 1. The van der Waals surface area contributed by atoms with Crippen molar-refractivity contribution >= 4 is 17.8 Å². The minimum absolute atomic E-state index is 0.481. The predicted octanol–water partition coefficient (Wildman–Crippen LogP) is -2.10. The molecule has 0 aliphatic carbocycles. The highest BCUT2D eigenvalue weighted by Crippen LogP contribution is 2.28. The molecule has 0 spiro atoms. The van der Waals surface area contributed by atoms with Gasteiger partial charge in [-0.1, -0.05) is 5.11 Å². The maximum Gasteiger partial charge on any atom is 0.472 e. The molecule has 0 saturated carbocycles. The van der Waals surface area contributed by atoms with Crippen LogP contribution in [0.3, 0.4) is 0 Å². The maximum atomic E-state index is 11.9. The minimum Gasteiger partial charge on any atom is -0.540 e. The number of halogens is 3. The molecule has 2 rings (SSSR count). The molecule has 4 N–H and O–H groups in total. The monoisotopic (exact) mass is 310 g/mol. The number of anilines is 1. The number of carboxylic acids is 1. The maximum absolute atomic E-state index is 11.9. The minimum atomic E-state index is -5.10. The van der Waals surface area contributed by atoms with Crippen molar-refractivity contribution in [1.29, 1.82) is 0 Å². The number of carbonyl (C=O) groups is 1. The smallest absolute Gasteiger partial charge is 0.472 e. The first-order chi connectivity index (χ1) is 9.59. The fourth-order valence-corrected chi connectivity index (χ4v) is 0.904. The highest BCUT2D eigenvalue weighted by molar-refractivity contribution is 5.92. The molecule has 12 nitrogen and oxygen atoms in total. The fourth-order valence-electron chi connectivity index (χ4n) is 0.904. The van der Waals surface area contributed by atoms with Crippen molar-refractivity contribution in [3.8, 4) is 0 Å². The van der Waals surface area contributed by atoms with Gasteiger partial charge in [-0.3, -0.25) is 10.1 Å². The first-order valence-electron chi connectivity index (χ1n) is 4.72. The van der Waals surface area contributed by atoms with Gasteiger partial charge in [-0.2, -0.15) is 18.2 Å². The number of carboxylic acid groups (broad SMARTS) is 1. The average molecular weight is 310 g/mol. The molecule has 1 aromatic heterocycles. The molecule has 0 fully saturated rings. The number of aliphatic imine (C=N–C) groups is 1. The Morgan fingerprint density at radius 1 is 1.52 bits per heavy atom. The van der Waals surface area contributed by atoms with E-state index in [1.807, 2.05) is 0 Å². The number of alkyl halides is 3. The molecule has 0 radical (unpaired) electrons. The molecule has 1 aliphatic rings. The number of amidine groups is 1. The summed E-state index contributed by atoms with van der Waals surface area (Å²) in [4.78, 5) is 23.7. The molecule has 15 heteroatoms. The number of azo groups is 1. The number of nitrogens with two attached hydrogens (primary N) is 1. The van der Waals surface area contributed by atoms with E-state index in [2.05, 4.69) is 30.4 Å². The topological polar surface area (TPSA) is 189 Å². The molecule has 0 aromatic carbocycles. The van der Waals surface area contributed by atoms with Gasteiger partial charge in [0.25, 0.3) is 5.84 Å². The zero-order valence-corrected chi connectivity index (χ0v) is 9.66. The van der Waals surface area contributed by atoms with Crippen LogP contribution in [0.15, 0.2) is 21.5 Å². The Morgan fingerprint density at radius 3 is 2.33 bits per heavy atom.